The van der Waals surface area contributed by atoms with Crippen LogP contribution < -0.4 is 5.32 Å². The van der Waals surface area contributed by atoms with Crippen molar-refractivity contribution in [2.45, 2.75) is 6.42 Å². The summed E-state index contributed by atoms with van der Waals surface area (Å²) in [6, 6.07) is 11.4. The quantitative estimate of drug-likeness (QED) is 0.874. The van der Waals surface area contributed by atoms with Crippen molar-refractivity contribution in [2.24, 2.45) is 0 Å². The van der Waals surface area contributed by atoms with Gasteiger partial charge in [-0.1, -0.05) is 41.4 Å². The third-order valence-corrected chi connectivity index (χ3v) is 3.72. The predicted molar refractivity (Wildman–Crippen MR) is 85.9 cm³/mol. The van der Waals surface area contributed by atoms with E-state index in [4.69, 9.17) is 28.3 Å². The second-order valence-electron chi connectivity index (χ2n) is 4.60. The van der Waals surface area contributed by atoms with Gasteiger partial charge in [0, 0.05) is 6.54 Å². The van der Waals surface area contributed by atoms with Gasteiger partial charge in [-0.05, 0) is 36.2 Å². The van der Waals surface area contributed by atoms with Crippen LogP contribution in [0.25, 0.3) is 0 Å². The molecule has 0 radical (unpaired) electrons. The summed E-state index contributed by atoms with van der Waals surface area (Å²) in [4.78, 5) is 22.8. The Morgan fingerprint density at radius 2 is 1.59 bits per heavy atom. The van der Waals surface area contributed by atoms with Gasteiger partial charge < -0.3 is 10.4 Å². The van der Waals surface area contributed by atoms with Gasteiger partial charge in [0.05, 0.1) is 21.2 Å². The standard InChI is InChI=1S/C16H13Cl2NO3/c17-12-2-1-3-13(18)14(12)15(20)19-9-8-10-4-6-11(7-5-10)16(21)22/h1-7H,8-9H2,(H,19,20)(H,21,22). The van der Waals surface area contributed by atoms with Gasteiger partial charge in [-0.15, -0.1) is 0 Å². The van der Waals surface area contributed by atoms with Crippen LogP contribution in [0.3, 0.4) is 0 Å². The number of carbonyl (C=O) groups excluding carboxylic acids is 1. The lowest BCUT2D eigenvalue weighted by Gasteiger charge is -2.08. The number of nitrogens with one attached hydrogen (secondary N) is 1. The van der Waals surface area contributed by atoms with Crippen LogP contribution in [0.2, 0.25) is 10.0 Å². The molecule has 0 aliphatic carbocycles. The Morgan fingerprint density at radius 3 is 2.14 bits per heavy atom. The van der Waals surface area contributed by atoms with E-state index in [1.165, 1.54) is 12.1 Å². The molecule has 0 saturated heterocycles. The highest BCUT2D eigenvalue weighted by Crippen LogP contribution is 2.23. The van der Waals surface area contributed by atoms with E-state index in [1.807, 2.05) is 0 Å². The van der Waals surface area contributed by atoms with Crippen LogP contribution in [0.5, 0.6) is 0 Å². The van der Waals surface area contributed by atoms with Crippen molar-refractivity contribution < 1.29 is 14.7 Å². The molecule has 2 rings (SSSR count). The third kappa shape index (κ3) is 4.00. The number of halogens is 2. The second kappa shape index (κ2) is 7.29. The summed E-state index contributed by atoms with van der Waals surface area (Å²) in [5.74, 6) is -1.30. The van der Waals surface area contributed by atoms with Gasteiger partial charge >= 0.3 is 5.97 Å². The molecule has 0 aliphatic heterocycles. The number of benzene rings is 2. The fourth-order valence-electron chi connectivity index (χ4n) is 1.94. The average molecular weight is 338 g/mol. The molecule has 0 saturated carbocycles. The summed E-state index contributed by atoms with van der Waals surface area (Å²) in [7, 11) is 0. The van der Waals surface area contributed by atoms with Crippen molar-refractivity contribution in [3.63, 3.8) is 0 Å². The molecule has 1 amide bonds. The van der Waals surface area contributed by atoms with Crippen LogP contribution in [0, 0.1) is 0 Å². The van der Waals surface area contributed by atoms with Crippen LogP contribution in [0.4, 0.5) is 0 Å². The van der Waals surface area contributed by atoms with Gasteiger partial charge in [0.15, 0.2) is 0 Å². The summed E-state index contributed by atoms with van der Waals surface area (Å²) in [6.45, 7) is 0.396. The molecule has 0 atom stereocenters. The fourth-order valence-corrected chi connectivity index (χ4v) is 2.51. The molecule has 0 spiro atoms. The van der Waals surface area contributed by atoms with Crippen LogP contribution in [0.15, 0.2) is 42.5 Å². The van der Waals surface area contributed by atoms with Gasteiger partial charge in [0.2, 0.25) is 0 Å². The molecule has 0 heterocycles. The summed E-state index contributed by atoms with van der Waals surface area (Å²) in [5, 5.41) is 12.2. The summed E-state index contributed by atoms with van der Waals surface area (Å²) < 4.78 is 0. The Kier molecular flexibility index (Phi) is 5.41. The topological polar surface area (TPSA) is 66.4 Å². The van der Waals surface area contributed by atoms with Gasteiger partial charge in [0.25, 0.3) is 5.91 Å². The third-order valence-electron chi connectivity index (χ3n) is 3.09. The number of aromatic carboxylic acids is 1. The molecular weight excluding hydrogens is 325 g/mol. The minimum absolute atomic E-state index is 0.232. The zero-order valence-corrected chi connectivity index (χ0v) is 13.0. The molecule has 2 aromatic carbocycles. The number of carboxylic acids is 1. The molecule has 4 nitrogen and oxygen atoms in total. The minimum Gasteiger partial charge on any atom is -0.478 e. The first-order valence-corrected chi connectivity index (χ1v) is 7.29. The van der Waals surface area contributed by atoms with Crippen molar-refractivity contribution in [2.75, 3.05) is 6.54 Å². The maximum atomic E-state index is 12.1. The Labute approximate surface area is 137 Å². The molecule has 6 heteroatoms. The lowest BCUT2D eigenvalue weighted by atomic mass is 10.1. The number of hydrogen-bond acceptors (Lipinski definition) is 2. The SMILES string of the molecule is O=C(O)c1ccc(CCNC(=O)c2c(Cl)cccc2Cl)cc1. The first kappa shape index (κ1) is 16.3. The molecular formula is C16H13Cl2NO3. The number of carboxylic acid groups (broad SMARTS) is 1. The van der Waals surface area contributed by atoms with Gasteiger partial charge in [-0.3, -0.25) is 4.79 Å². The monoisotopic (exact) mass is 337 g/mol. The van der Waals surface area contributed by atoms with E-state index in [1.54, 1.807) is 30.3 Å². The highest BCUT2D eigenvalue weighted by molar-refractivity contribution is 6.39. The van der Waals surface area contributed by atoms with E-state index in [-0.39, 0.29) is 17.0 Å². The Balaban J connectivity index is 1.93. The second-order valence-corrected chi connectivity index (χ2v) is 5.42. The summed E-state index contributed by atoms with van der Waals surface area (Å²) in [5.41, 5.74) is 1.42. The maximum Gasteiger partial charge on any atom is 0.335 e. The smallest absolute Gasteiger partial charge is 0.335 e. The first-order chi connectivity index (χ1) is 10.5. The zero-order chi connectivity index (χ0) is 16.1. The minimum atomic E-state index is -0.965. The maximum absolute atomic E-state index is 12.1. The van der Waals surface area contributed by atoms with Crippen LogP contribution in [-0.4, -0.2) is 23.5 Å². The molecule has 2 aromatic rings. The average Bonchev–Trinajstić information content (AvgIpc) is 2.47. The van der Waals surface area contributed by atoms with E-state index in [2.05, 4.69) is 5.32 Å². The summed E-state index contributed by atoms with van der Waals surface area (Å²) in [6.07, 6.45) is 0.577. The van der Waals surface area contributed by atoms with Crippen LogP contribution in [0.1, 0.15) is 26.3 Å². The molecule has 2 N–H and O–H groups in total. The zero-order valence-electron chi connectivity index (χ0n) is 11.5. The van der Waals surface area contributed by atoms with Gasteiger partial charge in [-0.25, -0.2) is 4.79 Å². The molecule has 0 bridgehead atoms. The first-order valence-electron chi connectivity index (χ1n) is 6.53. The molecule has 0 fully saturated rings. The number of amides is 1. The number of carbonyl (C=O) groups is 2. The van der Waals surface area contributed by atoms with Gasteiger partial charge in [-0.2, -0.15) is 0 Å². The van der Waals surface area contributed by atoms with Crippen molar-refractivity contribution in [1.82, 2.24) is 5.32 Å². The Hall–Kier alpha value is -2.04. The summed E-state index contributed by atoms with van der Waals surface area (Å²) >= 11 is 11.9. The van der Waals surface area contributed by atoms with Crippen molar-refractivity contribution >= 4 is 35.1 Å². The predicted octanol–water partition coefficient (Wildman–Crippen LogP) is 3.66. The van der Waals surface area contributed by atoms with Crippen LogP contribution >= 0.6 is 23.2 Å². The van der Waals surface area contributed by atoms with E-state index in [0.29, 0.717) is 23.0 Å². The molecule has 22 heavy (non-hydrogen) atoms. The molecule has 0 unspecified atom stereocenters. The van der Waals surface area contributed by atoms with Crippen molar-refractivity contribution in [3.8, 4) is 0 Å². The Bertz CT molecular complexity index is 679. The van der Waals surface area contributed by atoms with Crippen molar-refractivity contribution in [3.05, 3.63) is 69.2 Å². The lowest BCUT2D eigenvalue weighted by Crippen LogP contribution is -2.26. The highest BCUT2D eigenvalue weighted by Gasteiger charge is 2.13. The van der Waals surface area contributed by atoms with Gasteiger partial charge in [0.1, 0.15) is 0 Å². The van der Waals surface area contributed by atoms with E-state index in [0.717, 1.165) is 5.56 Å². The highest BCUT2D eigenvalue weighted by atomic mass is 35.5. The normalized spacial score (nSPS) is 10.3. The van der Waals surface area contributed by atoms with E-state index in [9.17, 15) is 9.59 Å². The van der Waals surface area contributed by atoms with E-state index >= 15 is 0 Å². The Morgan fingerprint density at radius 1 is 1.00 bits per heavy atom. The molecule has 0 aromatic heterocycles. The molecule has 0 aliphatic rings. The van der Waals surface area contributed by atoms with Crippen LogP contribution in [-0.2, 0) is 6.42 Å². The lowest BCUT2D eigenvalue weighted by molar-refractivity contribution is 0.0696. The number of hydrogen-bond donors (Lipinski definition) is 2. The van der Waals surface area contributed by atoms with Crippen molar-refractivity contribution in [1.29, 1.82) is 0 Å². The van der Waals surface area contributed by atoms with E-state index < -0.39 is 5.97 Å². The number of rotatable bonds is 5. The fraction of sp³-hybridized carbons (Fsp3) is 0.125. The largest absolute Gasteiger partial charge is 0.478 e. The molecule has 114 valence electrons.